The molecule has 5 rings (SSSR count). The number of aromatic nitrogens is 3. The molecule has 9 nitrogen and oxygen atoms in total. The van der Waals surface area contributed by atoms with E-state index in [1.54, 1.807) is 18.5 Å². The summed E-state index contributed by atoms with van der Waals surface area (Å²) in [5.74, 6) is 0.704. The van der Waals surface area contributed by atoms with E-state index in [0.29, 0.717) is 49.0 Å². The molecule has 2 aliphatic rings. The van der Waals surface area contributed by atoms with Gasteiger partial charge >= 0.3 is 0 Å². The van der Waals surface area contributed by atoms with Gasteiger partial charge in [0.25, 0.3) is 0 Å². The second-order valence-electron chi connectivity index (χ2n) is 9.11. The lowest BCUT2D eigenvalue weighted by Crippen LogP contribution is -2.35. The van der Waals surface area contributed by atoms with E-state index in [1.165, 1.54) is 9.87 Å². The van der Waals surface area contributed by atoms with E-state index in [4.69, 9.17) is 4.52 Å². The van der Waals surface area contributed by atoms with Gasteiger partial charge in [0, 0.05) is 49.9 Å². The number of amides is 1. The summed E-state index contributed by atoms with van der Waals surface area (Å²) in [6.45, 7) is 0.945. The molecule has 0 bridgehead atoms. The fourth-order valence-electron chi connectivity index (χ4n) is 4.83. The summed E-state index contributed by atoms with van der Waals surface area (Å²) >= 11 is 0. The predicted molar refractivity (Wildman–Crippen MR) is 129 cm³/mol. The van der Waals surface area contributed by atoms with E-state index < -0.39 is 10.0 Å². The van der Waals surface area contributed by atoms with Gasteiger partial charge in [-0.25, -0.2) is 8.42 Å². The van der Waals surface area contributed by atoms with Gasteiger partial charge in [0.05, 0.1) is 4.90 Å². The van der Waals surface area contributed by atoms with Gasteiger partial charge in [-0.15, -0.1) is 0 Å². The van der Waals surface area contributed by atoms with E-state index in [1.807, 2.05) is 24.3 Å². The largest absolute Gasteiger partial charge is 0.356 e. The number of nitrogens with one attached hydrogen (secondary N) is 1. The summed E-state index contributed by atoms with van der Waals surface area (Å²) in [4.78, 5) is 21.4. The molecule has 0 spiro atoms. The van der Waals surface area contributed by atoms with Crippen LogP contribution in [0.4, 0.5) is 0 Å². The minimum absolute atomic E-state index is 0.0872. The van der Waals surface area contributed by atoms with E-state index in [2.05, 4.69) is 20.4 Å². The maximum Gasteiger partial charge on any atom is 0.243 e. The van der Waals surface area contributed by atoms with Crippen LogP contribution in [-0.2, 0) is 27.7 Å². The molecule has 0 unspecified atom stereocenters. The third kappa shape index (κ3) is 5.28. The first kappa shape index (κ1) is 23.6. The van der Waals surface area contributed by atoms with Crippen LogP contribution in [0.3, 0.4) is 0 Å². The molecule has 1 amide bonds. The fourth-order valence-corrected chi connectivity index (χ4v) is 6.36. The van der Waals surface area contributed by atoms with Gasteiger partial charge < -0.3 is 9.84 Å². The lowest BCUT2D eigenvalue weighted by molar-refractivity contribution is -0.121. The van der Waals surface area contributed by atoms with Gasteiger partial charge in [0.1, 0.15) is 0 Å². The normalized spacial score (nSPS) is 20.1. The zero-order valence-corrected chi connectivity index (χ0v) is 20.3. The lowest BCUT2D eigenvalue weighted by atomic mass is 9.99. The Labute approximate surface area is 205 Å². The Bertz CT molecular complexity index is 1290. The summed E-state index contributed by atoms with van der Waals surface area (Å²) in [6.07, 6.45) is 8.37. The van der Waals surface area contributed by atoms with Crippen molar-refractivity contribution in [2.75, 3.05) is 19.6 Å². The zero-order valence-electron chi connectivity index (χ0n) is 19.5. The zero-order chi connectivity index (χ0) is 24.3. The maximum absolute atomic E-state index is 13.5. The highest BCUT2D eigenvalue weighted by molar-refractivity contribution is 7.89. The molecular formula is C25H29N5O4S. The molecule has 3 heterocycles. The molecule has 1 N–H and O–H groups in total. The summed E-state index contributed by atoms with van der Waals surface area (Å²) in [6, 6.07) is 9.11. The number of carbonyl (C=O) groups is 1. The molecule has 1 atom stereocenters. The van der Waals surface area contributed by atoms with Crippen LogP contribution in [0.2, 0.25) is 0 Å². The van der Waals surface area contributed by atoms with Gasteiger partial charge in [-0.05, 0) is 73.9 Å². The molecule has 1 aliphatic heterocycles. The first-order chi connectivity index (χ1) is 17.0. The van der Waals surface area contributed by atoms with Gasteiger partial charge in [-0.1, -0.05) is 11.2 Å². The summed E-state index contributed by atoms with van der Waals surface area (Å²) in [7, 11) is -3.71. The Balaban J connectivity index is 1.34. The van der Waals surface area contributed by atoms with Crippen molar-refractivity contribution in [1.29, 1.82) is 0 Å². The Morgan fingerprint density at radius 1 is 1.03 bits per heavy atom. The molecule has 2 aromatic heterocycles. The van der Waals surface area contributed by atoms with Crippen LogP contribution in [0.15, 0.2) is 52.1 Å². The highest BCUT2D eigenvalue weighted by Crippen LogP contribution is 2.29. The number of nitrogens with zero attached hydrogens (tertiary/aromatic N) is 4. The molecule has 3 aromatic rings. The van der Waals surface area contributed by atoms with Crippen LogP contribution in [-0.4, -0.2) is 53.4 Å². The molecule has 0 saturated carbocycles. The smallest absolute Gasteiger partial charge is 0.243 e. The number of aryl methyl sites for hydroxylation is 2. The Hall–Kier alpha value is -3.11. The van der Waals surface area contributed by atoms with E-state index >= 15 is 0 Å². The first-order valence-electron chi connectivity index (χ1n) is 12.1. The SMILES string of the molecule is O=C1CCN(S(=O)(=O)c2ccc3c(c2)CCC3)CCC[C@@H](c2nc(-c3cccnc3)no2)CCN1. The van der Waals surface area contributed by atoms with Gasteiger partial charge in [0.15, 0.2) is 0 Å². The van der Waals surface area contributed by atoms with Crippen LogP contribution in [0, 0.1) is 0 Å². The molecule has 1 fully saturated rings. The van der Waals surface area contributed by atoms with Gasteiger partial charge in [0.2, 0.25) is 27.6 Å². The first-order valence-corrected chi connectivity index (χ1v) is 13.6. The van der Waals surface area contributed by atoms with Crippen molar-refractivity contribution in [2.45, 2.75) is 55.8 Å². The van der Waals surface area contributed by atoms with Crippen molar-refractivity contribution in [3.63, 3.8) is 0 Å². The Morgan fingerprint density at radius 3 is 2.77 bits per heavy atom. The number of hydrogen-bond donors (Lipinski definition) is 1. The van der Waals surface area contributed by atoms with Crippen LogP contribution in [0.25, 0.3) is 11.4 Å². The second-order valence-corrected chi connectivity index (χ2v) is 11.1. The van der Waals surface area contributed by atoms with Crippen molar-refractivity contribution < 1.29 is 17.7 Å². The van der Waals surface area contributed by atoms with Crippen molar-refractivity contribution in [2.24, 2.45) is 0 Å². The number of sulfonamides is 1. The molecule has 35 heavy (non-hydrogen) atoms. The summed E-state index contributed by atoms with van der Waals surface area (Å²) in [5, 5.41) is 7.00. The number of benzene rings is 1. The van der Waals surface area contributed by atoms with Crippen molar-refractivity contribution >= 4 is 15.9 Å². The number of rotatable bonds is 4. The molecule has 1 saturated heterocycles. The summed E-state index contributed by atoms with van der Waals surface area (Å²) < 4.78 is 34.0. The molecular weight excluding hydrogens is 466 g/mol. The second kappa shape index (κ2) is 10.2. The molecule has 184 valence electrons. The Kier molecular flexibility index (Phi) is 6.92. The number of pyridine rings is 1. The topological polar surface area (TPSA) is 118 Å². The average Bonchev–Trinajstić information content (AvgIpc) is 3.54. The molecule has 10 heteroatoms. The fraction of sp³-hybridized carbons (Fsp3) is 0.440. The number of hydrogen-bond acceptors (Lipinski definition) is 7. The molecule has 0 radical (unpaired) electrons. The van der Waals surface area contributed by atoms with E-state index in [0.717, 1.165) is 30.4 Å². The van der Waals surface area contributed by atoms with Gasteiger partial charge in [-0.3, -0.25) is 9.78 Å². The van der Waals surface area contributed by atoms with E-state index in [-0.39, 0.29) is 24.8 Å². The monoisotopic (exact) mass is 495 g/mol. The molecule has 1 aromatic carbocycles. The van der Waals surface area contributed by atoms with Crippen molar-refractivity contribution in [3.05, 3.63) is 59.7 Å². The maximum atomic E-state index is 13.5. The van der Waals surface area contributed by atoms with Crippen LogP contribution in [0.5, 0.6) is 0 Å². The average molecular weight is 496 g/mol. The molecule has 1 aliphatic carbocycles. The predicted octanol–water partition coefficient (Wildman–Crippen LogP) is 3.09. The highest BCUT2D eigenvalue weighted by atomic mass is 32.2. The number of fused-ring (bicyclic) bond motifs is 1. The lowest BCUT2D eigenvalue weighted by Gasteiger charge is -2.22. The van der Waals surface area contributed by atoms with Gasteiger partial charge in [-0.2, -0.15) is 9.29 Å². The van der Waals surface area contributed by atoms with Crippen LogP contribution in [0.1, 0.15) is 55.0 Å². The summed E-state index contributed by atoms with van der Waals surface area (Å²) in [5.41, 5.74) is 3.11. The third-order valence-electron chi connectivity index (χ3n) is 6.78. The van der Waals surface area contributed by atoms with E-state index in [9.17, 15) is 13.2 Å². The minimum Gasteiger partial charge on any atom is -0.356 e. The minimum atomic E-state index is -3.71. The quantitative estimate of drug-likeness (QED) is 0.591. The standard InChI is InChI=1S/C25H29N5O4S/c31-23-11-15-30(35(32,33)22-9-8-18-4-1-5-20(18)16-22)14-3-7-19(10-13-27-23)25-28-24(29-34-25)21-6-2-12-26-17-21/h2,6,8-9,12,16-17,19H,1,3-5,7,10-11,13-15H2,(H,27,31)/t19-/m1/s1. The number of carbonyl (C=O) groups excluding carboxylic acids is 1. The highest BCUT2D eigenvalue weighted by Gasteiger charge is 2.28. The Morgan fingerprint density at radius 2 is 1.91 bits per heavy atom. The third-order valence-corrected chi connectivity index (χ3v) is 8.68. The van der Waals surface area contributed by atoms with Crippen molar-refractivity contribution in [3.8, 4) is 11.4 Å². The van der Waals surface area contributed by atoms with Crippen molar-refractivity contribution in [1.82, 2.24) is 24.7 Å². The van der Waals surface area contributed by atoms with Crippen LogP contribution < -0.4 is 5.32 Å². The van der Waals surface area contributed by atoms with Crippen LogP contribution >= 0.6 is 0 Å².